The molecule has 0 spiro atoms. The number of hydrogen-bond donors (Lipinski definition) is 2. The van der Waals surface area contributed by atoms with Crippen molar-refractivity contribution in [2.24, 2.45) is 11.8 Å². The molecule has 1 aromatic carbocycles. The summed E-state index contributed by atoms with van der Waals surface area (Å²) in [6, 6.07) is 11.1. The Bertz CT molecular complexity index is 620. The van der Waals surface area contributed by atoms with Crippen LogP contribution in [0.1, 0.15) is 37.3 Å². The normalized spacial score (nSPS) is 29.1. The Balaban J connectivity index is 1.25. The van der Waals surface area contributed by atoms with Crippen LogP contribution in [0.2, 0.25) is 0 Å². The fourth-order valence-corrected chi connectivity index (χ4v) is 4.90. The van der Waals surface area contributed by atoms with Gasteiger partial charge in [-0.2, -0.15) is 0 Å². The minimum Gasteiger partial charge on any atom is -0.378 e. The highest BCUT2D eigenvalue weighted by Crippen LogP contribution is 2.28. The fourth-order valence-electron chi connectivity index (χ4n) is 4.90. The first kappa shape index (κ1) is 19.8. The first-order chi connectivity index (χ1) is 13.8. The molecule has 3 saturated heterocycles. The molecule has 0 bridgehead atoms. The van der Waals surface area contributed by atoms with Crippen molar-refractivity contribution >= 4 is 5.91 Å². The number of ether oxygens (including phenoxy) is 1. The van der Waals surface area contributed by atoms with Crippen LogP contribution in [0.25, 0.3) is 0 Å². The number of nitrogens with zero attached hydrogens (tertiary/aromatic N) is 2. The average molecular weight is 387 g/mol. The SMILES string of the molecule is O=C(CCC1CCCN(CC2CNNC2c2ccccc2)C1)N1CCOCC1. The Morgan fingerprint density at radius 2 is 1.96 bits per heavy atom. The lowest BCUT2D eigenvalue weighted by Crippen LogP contribution is -2.42. The quantitative estimate of drug-likeness (QED) is 0.781. The maximum atomic E-state index is 12.4. The number of hydrazine groups is 1. The standard InChI is InChI=1S/C22H34N4O2/c27-21(26-11-13-28-14-12-26)9-8-18-5-4-10-25(16-18)17-20-15-23-24-22(20)19-6-2-1-3-7-19/h1-3,6-7,18,20,22-24H,4-5,8-17H2. The molecule has 0 saturated carbocycles. The smallest absolute Gasteiger partial charge is 0.222 e. The molecule has 0 radical (unpaired) electrons. The van der Waals surface area contributed by atoms with E-state index in [1.807, 2.05) is 4.90 Å². The number of hydrogen-bond acceptors (Lipinski definition) is 5. The van der Waals surface area contributed by atoms with E-state index in [2.05, 4.69) is 46.1 Å². The summed E-state index contributed by atoms with van der Waals surface area (Å²) in [4.78, 5) is 17.0. The molecule has 3 aliphatic rings. The Labute approximate surface area is 168 Å². The first-order valence-electron chi connectivity index (χ1n) is 10.9. The van der Waals surface area contributed by atoms with Gasteiger partial charge in [0.1, 0.15) is 0 Å². The van der Waals surface area contributed by atoms with E-state index in [0.717, 1.165) is 39.1 Å². The number of carbonyl (C=O) groups excluding carboxylic acids is 1. The monoisotopic (exact) mass is 386 g/mol. The van der Waals surface area contributed by atoms with Crippen LogP contribution in [0.4, 0.5) is 0 Å². The lowest BCUT2D eigenvalue weighted by Gasteiger charge is -2.35. The maximum absolute atomic E-state index is 12.4. The highest BCUT2D eigenvalue weighted by molar-refractivity contribution is 5.76. The van der Waals surface area contributed by atoms with Crippen molar-refractivity contribution in [3.63, 3.8) is 0 Å². The molecule has 0 aliphatic carbocycles. The molecule has 154 valence electrons. The Kier molecular flexibility index (Phi) is 6.96. The van der Waals surface area contributed by atoms with E-state index in [1.165, 1.54) is 24.9 Å². The first-order valence-corrected chi connectivity index (χ1v) is 10.9. The van der Waals surface area contributed by atoms with Crippen LogP contribution in [-0.2, 0) is 9.53 Å². The van der Waals surface area contributed by atoms with E-state index in [4.69, 9.17) is 4.74 Å². The van der Waals surface area contributed by atoms with E-state index < -0.39 is 0 Å². The molecule has 1 amide bonds. The van der Waals surface area contributed by atoms with Crippen LogP contribution in [0.5, 0.6) is 0 Å². The predicted molar refractivity (Wildman–Crippen MR) is 110 cm³/mol. The number of benzene rings is 1. The summed E-state index contributed by atoms with van der Waals surface area (Å²) in [7, 11) is 0. The lowest BCUT2D eigenvalue weighted by molar-refractivity contribution is -0.135. The zero-order valence-electron chi connectivity index (χ0n) is 16.8. The lowest BCUT2D eigenvalue weighted by atomic mass is 9.90. The molecule has 4 rings (SSSR count). The minimum absolute atomic E-state index is 0.314. The third kappa shape index (κ3) is 5.11. The number of nitrogens with one attached hydrogen (secondary N) is 2. The number of rotatable bonds is 6. The molecular weight excluding hydrogens is 352 g/mol. The number of carbonyl (C=O) groups is 1. The molecule has 3 fully saturated rings. The molecule has 3 atom stereocenters. The van der Waals surface area contributed by atoms with E-state index in [1.54, 1.807) is 0 Å². The summed E-state index contributed by atoms with van der Waals surface area (Å²) in [5.41, 5.74) is 8.19. The van der Waals surface area contributed by atoms with E-state index in [-0.39, 0.29) is 0 Å². The molecule has 3 heterocycles. The van der Waals surface area contributed by atoms with Gasteiger partial charge in [-0.05, 0) is 37.3 Å². The van der Waals surface area contributed by atoms with Gasteiger partial charge in [-0.1, -0.05) is 30.3 Å². The van der Waals surface area contributed by atoms with Gasteiger partial charge in [0, 0.05) is 45.1 Å². The summed E-state index contributed by atoms with van der Waals surface area (Å²) >= 11 is 0. The van der Waals surface area contributed by atoms with Crippen LogP contribution in [0.3, 0.4) is 0 Å². The minimum atomic E-state index is 0.314. The number of amides is 1. The molecule has 6 nitrogen and oxygen atoms in total. The van der Waals surface area contributed by atoms with Crippen molar-refractivity contribution in [3.05, 3.63) is 35.9 Å². The van der Waals surface area contributed by atoms with Crippen LogP contribution >= 0.6 is 0 Å². The van der Waals surface area contributed by atoms with Gasteiger partial charge in [0.25, 0.3) is 0 Å². The van der Waals surface area contributed by atoms with Gasteiger partial charge in [-0.15, -0.1) is 0 Å². The molecule has 6 heteroatoms. The predicted octanol–water partition coefficient (Wildman–Crippen LogP) is 1.80. The van der Waals surface area contributed by atoms with Gasteiger partial charge in [0.15, 0.2) is 0 Å². The van der Waals surface area contributed by atoms with Crippen molar-refractivity contribution in [1.82, 2.24) is 20.7 Å². The summed E-state index contributed by atoms with van der Waals surface area (Å²) in [6.07, 6.45) is 4.23. The summed E-state index contributed by atoms with van der Waals surface area (Å²) in [5.74, 6) is 1.54. The highest BCUT2D eigenvalue weighted by atomic mass is 16.5. The van der Waals surface area contributed by atoms with E-state index in [0.29, 0.717) is 43.4 Å². The second-order valence-corrected chi connectivity index (χ2v) is 8.47. The van der Waals surface area contributed by atoms with Crippen LogP contribution in [0, 0.1) is 11.8 Å². The Hall–Kier alpha value is -1.47. The molecule has 0 aromatic heterocycles. The molecule has 2 N–H and O–H groups in total. The second-order valence-electron chi connectivity index (χ2n) is 8.47. The number of morpholine rings is 1. The van der Waals surface area contributed by atoms with E-state index in [9.17, 15) is 4.79 Å². The van der Waals surface area contributed by atoms with Gasteiger partial charge in [0.2, 0.25) is 5.91 Å². The fraction of sp³-hybridized carbons (Fsp3) is 0.682. The molecule has 28 heavy (non-hydrogen) atoms. The topological polar surface area (TPSA) is 56.8 Å². The van der Waals surface area contributed by atoms with Crippen molar-refractivity contribution < 1.29 is 9.53 Å². The molecule has 3 aliphatic heterocycles. The largest absolute Gasteiger partial charge is 0.378 e. The van der Waals surface area contributed by atoms with Crippen molar-refractivity contribution in [2.45, 2.75) is 31.7 Å². The Morgan fingerprint density at radius 3 is 2.79 bits per heavy atom. The van der Waals surface area contributed by atoms with Crippen LogP contribution < -0.4 is 10.9 Å². The molecule has 3 unspecified atom stereocenters. The van der Waals surface area contributed by atoms with Gasteiger partial charge >= 0.3 is 0 Å². The van der Waals surface area contributed by atoms with Crippen LogP contribution in [0.15, 0.2) is 30.3 Å². The van der Waals surface area contributed by atoms with Crippen LogP contribution in [-0.4, -0.2) is 68.2 Å². The zero-order chi connectivity index (χ0) is 19.2. The highest BCUT2D eigenvalue weighted by Gasteiger charge is 2.31. The van der Waals surface area contributed by atoms with Crippen molar-refractivity contribution in [1.29, 1.82) is 0 Å². The maximum Gasteiger partial charge on any atom is 0.222 e. The number of likely N-dealkylation sites (tertiary alicyclic amines) is 1. The third-order valence-electron chi connectivity index (χ3n) is 6.48. The molecule has 1 aromatic rings. The summed E-state index contributed by atoms with van der Waals surface area (Å²) < 4.78 is 5.35. The zero-order valence-corrected chi connectivity index (χ0v) is 16.8. The second kappa shape index (κ2) is 9.83. The van der Waals surface area contributed by atoms with Crippen molar-refractivity contribution in [2.75, 3.05) is 52.5 Å². The molecular formula is C22H34N4O2. The van der Waals surface area contributed by atoms with Gasteiger partial charge in [-0.3, -0.25) is 10.2 Å². The number of piperidine rings is 1. The average Bonchev–Trinajstić information content (AvgIpc) is 3.21. The van der Waals surface area contributed by atoms with Crippen molar-refractivity contribution in [3.8, 4) is 0 Å². The summed E-state index contributed by atoms with van der Waals surface area (Å²) in [5, 5.41) is 0. The third-order valence-corrected chi connectivity index (χ3v) is 6.48. The van der Waals surface area contributed by atoms with Gasteiger partial charge in [-0.25, -0.2) is 5.43 Å². The Morgan fingerprint density at radius 1 is 1.14 bits per heavy atom. The van der Waals surface area contributed by atoms with E-state index >= 15 is 0 Å². The summed E-state index contributed by atoms with van der Waals surface area (Å²) in [6.45, 7) is 7.35. The van der Waals surface area contributed by atoms with Gasteiger partial charge < -0.3 is 14.5 Å². The van der Waals surface area contributed by atoms with Gasteiger partial charge in [0.05, 0.1) is 19.3 Å².